The van der Waals surface area contributed by atoms with Crippen molar-refractivity contribution < 1.29 is 9.53 Å². The number of anilines is 1. The highest BCUT2D eigenvalue weighted by atomic mass is 35.5. The van der Waals surface area contributed by atoms with Crippen LogP contribution in [0.15, 0.2) is 24.4 Å². The number of benzene rings is 1. The fraction of sp³-hybridized carbons (Fsp3) is 0.0909. The second-order valence-corrected chi connectivity index (χ2v) is 3.68. The third-order valence-electron chi connectivity index (χ3n) is 2.25. The SMILES string of the molecule is COC(=O)c1c(N)cnc2cc(Cl)ccc12. The molecule has 0 saturated heterocycles. The number of fused-ring (bicyclic) bond motifs is 1. The van der Waals surface area contributed by atoms with E-state index in [1.54, 1.807) is 18.2 Å². The van der Waals surface area contributed by atoms with Gasteiger partial charge >= 0.3 is 5.97 Å². The van der Waals surface area contributed by atoms with E-state index in [0.29, 0.717) is 27.2 Å². The zero-order valence-electron chi connectivity index (χ0n) is 8.53. The van der Waals surface area contributed by atoms with Gasteiger partial charge in [-0.2, -0.15) is 0 Å². The highest BCUT2D eigenvalue weighted by Gasteiger charge is 2.15. The van der Waals surface area contributed by atoms with E-state index in [4.69, 9.17) is 17.3 Å². The van der Waals surface area contributed by atoms with Crippen molar-refractivity contribution in [3.8, 4) is 0 Å². The number of carbonyl (C=O) groups is 1. The summed E-state index contributed by atoms with van der Waals surface area (Å²) in [5.74, 6) is -0.479. The van der Waals surface area contributed by atoms with Crippen molar-refractivity contribution in [2.24, 2.45) is 0 Å². The molecule has 0 atom stereocenters. The van der Waals surface area contributed by atoms with Crippen molar-refractivity contribution in [2.75, 3.05) is 12.8 Å². The second kappa shape index (κ2) is 3.98. The molecule has 4 nitrogen and oxygen atoms in total. The standard InChI is InChI=1S/C11H9ClN2O2/c1-16-11(15)10-7-3-2-6(12)4-9(7)14-5-8(10)13/h2-5H,13H2,1H3. The number of methoxy groups -OCH3 is 1. The van der Waals surface area contributed by atoms with E-state index >= 15 is 0 Å². The molecule has 1 aromatic heterocycles. The van der Waals surface area contributed by atoms with Crippen molar-refractivity contribution >= 4 is 34.2 Å². The Morgan fingerprint density at radius 2 is 2.25 bits per heavy atom. The number of aromatic nitrogens is 1. The van der Waals surface area contributed by atoms with E-state index in [0.717, 1.165) is 0 Å². The number of nitrogen functional groups attached to an aromatic ring is 1. The maximum Gasteiger partial charge on any atom is 0.340 e. The molecule has 0 spiro atoms. The molecule has 0 aliphatic carbocycles. The number of ether oxygens (including phenoxy) is 1. The van der Waals surface area contributed by atoms with Crippen LogP contribution < -0.4 is 5.73 Å². The second-order valence-electron chi connectivity index (χ2n) is 3.24. The van der Waals surface area contributed by atoms with Gasteiger partial charge in [-0.1, -0.05) is 17.7 Å². The monoisotopic (exact) mass is 236 g/mol. The summed E-state index contributed by atoms with van der Waals surface area (Å²) in [4.78, 5) is 15.7. The summed E-state index contributed by atoms with van der Waals surface area (Å²) in [7, 11) is 1.31. The zero-order chi connectivity index (χ0) is 11.7. The summed E-state index contributed by atoms with van der Waals surface area (Å²) in [6.07, 6.45) is 1.42. The summed E-state index contributed by atoms with van der Waals surface area (Å²) in [5, 5.41) is 1.19. The van der Waals surface area contributed by atoms with E-state index < -0.39 is 5.97 Å². The van der Waals surface area contributed by atoms with Gasteiger partial charge in [-0.05, 0) is 12.1 Å². The van der Waals surface area contributed by atoms with Crippen molar-refractivity contribution in [2.45, 2.75) is 0 Å². The maximum absolute atomic E-state index is 11.6. The first-order chi connectivity index (χ1) is 7.63. The Kier molecular flexibility index (Phi) is 2.66. The molecule has 0 amide bonds. The van der Waals surface area contributed by atoms with Crippen LogP contribution in [0.3, 0.4) is 0 Å². The van der Waals surface area contributed by atoms with Crippen LogP contribution in [0, 0.1) is 0 Å². The van der Waals surface area contributed by atoms with Gasteiger partial charge in [0.1, 0.15) is 0 Å². The van der Waals surface area contributed by atoms with Crippen LogP contribution in [-0.2, 0) is 4.74 Å². The number of rotatable bonds is 1. The molecular weight excluding hydrogens is 228 g/mol. The lowest BCUT2D eigenvalue weighted by Gasteiger charge is -2.07. The van der Waals surface area contributed by atoms with Crippen molar-refractivity contribution in [3.05, 3.63) is 35.0 Å². The van der Waals surface area contributed by atoms with Crippen LogP contribution in [0.25, 0.3) is 10.9 Å². The Morgan fingerprint density at radius 1 is 1.50 bits per heavy atom. The highest BCUT2D eigenvalue weighted by molar-refractivity contribution is 6.31. The fourth-order valence-corrected chi connectivity index (χ4v) is 1.68. The molecule has 1 aromatic carbocycles. The normalized spacial score (nSPS) is 10.4. The summed E-state index contributed by atoms with van der Waals surface area (Å²) < 4.78 is 4.68. The first-order valence-corrected chi connectivity index (χ1v) is 4.93. The number of carbonyl (C=O) groups excluding carboxylic acids is 1. The summed E-state index contributed by atoms with van der Waals surface area (Å²) in [5.41, 5.74) is 6.93. The summed E-state index contributed by atoms with van der Waals surface area (Å²) >= 11 is 5.84. The lowest BCUT2D eigenvalue weighted by Crippen LogP contribution is -2.07. The quantitative estimate of drug-likeness (QED) is 0.772. The number of hydrogen-bond acceptors (Lipinski definition) is 4. The van der Waals surface area contributed by atoms with E-state index in [1.165, 1.54) is 13.3 Å². The third-order valence-corrected chi connectivity index (χ3v) is 2.49. The van der Waals surface area contributed by atoms with Gasteiger partial charge in [0.2, 0.25) is 0 Å². The van der Waals surface area contributed by atoms with Gasteiger partial charge in [0, 0.05) is 10.4 Å². The van der Waals surface area contributed by atoms with Gasteiger partial charge in [0.05, 0.1) is 30.1 Å². The molecule has 82 valence electrons. The predicted molar refractivity (Wildman–Crippen MR) is 62.5 cm³/mol. The molecule has 0 aliphatic rings. The average Bonchev–Trinajstić information content (AvgIpc) is 2.28. The lowest BCUT2D eigenvalue weighted by atomic mass is 10.1. The molecule has 0 unspecified atom stereocenters. The van der Waals surface area contributed by atoms with Crippen LogP contribution >= 0.6 is 11.6 Å². The molecule has 16 heavy (non-hydrogen) atoms. The van der Waals surface area contributed by atoms with Gasteiger partial charge in [-0.3, -0.25) is 4.98 Å². The topological polar surface area (TPSA) is 65.2 Å². The molecule has 0 radical (unpaired) electrons. The first-order valence-electron chi connectivity index (χ1n) is 4.55. The molecule has 0 bridgehead atoms. The third kappa shape index (κ3) is 1.67. The number of nitrogens with two attached hydrogens (primary N) is 1. The number of nitrogens with zero attached hydrogens (tertiary/aromatic N) is 1. The van der Waals surface area contributed by atoms with Crippen LogP contribution in [0.5, 0.6) is 0 Å². The Bertz CT molecular complexity index is 569. The molecule has 5 heteroatoms. The van der Waals surface area contributed by atoms with E-state index in [-0.39, 0.29) is 0 Å². The van der Waals surface area contributed by atoms with Crippen molar-refractivity contribution in [1.29, 1.82) is 0 Å². The maximum atomic E-state index is 11.6. The highest BCUT2D eigenvalue weighted by Crippen LogP contribution is 2.25. The Morgan fingerprint density at radius 3 is 2.94 bits per heavy atom. The van der Waals surface area contributed by atoms with Crippen molar-refractivity contribution in [3.63, 3.8) is 0 Å². The number of hydrogen-bond donors (Lipinski definition) is 1. The van der Waals surface area contributed by atoms with E-state index in [2.05, 4.69) is 9.72 Å². The van der Waals surface area contributed by atoms with Gasteiger partial charge in [0.25, 0.3) is 0 Å². The molecule has 2 rings (SSSR count). The van der Waals surface area contributed by atoms with Crippen LogP contribution in [0.1, 0.15) is 10.4 Å². The van der Waals surface area contributed by atoms with Crippen LogP contribution in [0.4, 0.5) is 5.69 Å². The average molecular weight is 237 g/mol. The molecule has 2 aromatic rings. The molecule has 0 aliphatic heterocycles. The van der Waals surface area contributed by atoms with Crippen LogP contribution in [-0.4, -0.2) is 18.1 Å². The first kappa shape index (κ1) is 10.7. The van der Waals surface area contributed by atoms with Gasteiger partial charge in [-0.25, -0.2) is 4.79 Å². The minimum absolute atomic E-state index is 0.293. The van der Waals surface area contributed by atoms with E-state index in [1.807, 2.05) is 0 Å². The lowest BCUT2D eigenvalue weighted by molar-refractivity contribution is 0.0604. The minimum Gasteiger partial charge on any atom is -0.465 e. The minimum atomic E-state index is -0.479. The Balaban J connectivity index is 2.79. The number of halogens is 1. The molecule has 2 N–H and O–H groups in total. The molecule has 0 saturated carbocycles. The van der Waals surface area contributed by atoms with Crippen molar-refractivity contribution in [1.82, 2.24) is 4.98 Å². The largest absolute Gasteiger partial charge is 0.465 e. The predicted octanol–water partition coefficient (Wildman–Crippen LogP) is 2.26. The molecule has 0 fully saturated rings. The number of pyridine rings is 1. The fourth-order valence-electron chi connectivity index (χ4n) is 1.51. The molecular formula is C11H9ClN2O2. The van der Waals surface area contributed by atoms with Gasteiger partial charge < -0.3 is 10.5 Å². The molecule has 1 heterocycles. The smallest absolute Gasteiger partial charge is 0.340 e. The van der Waals surface area contributed by atoms with E-state index in [9.17, 15) is 4.79 Å². The summed E-state index contributed by atoms with van der Waals surface area (Å²) in [6.45, 7) is 0. The van der Waals surface area contributed by atoms with Gasteiger partial charge in [-0.15, -0.1) is 0 Å². The Hall–Kier alpha value is -1.81. The summed E-state index contributed by atoms with van der Waals surface area (Å²) in [6, 6.07) is 5.05. The number of esters is 1. The zero-order valence-corrected chi connectivity index (χ0v) is 9.28. The van der Waals surface area contributed by atoms with Gasteiger partial charge in [0.15, 0.2) is 0 Å². The van der Waals surface area contributed by atoms with Crippen LogP contribution in [0.2, 0.25) is 5.02 Å². The Labute approximate surface area is 97.0 Å².